The number of methoxy groups -OCH3 is 2. The zero-order chi connectivity index (χ0) is 18.8. The van der Waals surface area contributed by atoms with E-state index in [9.17, 15) is 4.79 Å². The molecule has 1 saturated heterocycles. The van der Waals surface area contributed by atoms with E-state index in [-0.39, 0.29) is 11.8 Å². The Labute approximate surface area is 158 Å². The number of benzene rings is 2. The molecule has 2 heterocycles. The second kappa shape index (κ2) is 7.39. The lowest BCUT2D eigenvalue weighted by Gasteiger charge is -2.23. The van der Waals surface area contributed by atoms with Crippen molar-refractivity contribution in [3.63, 3.8) is 0 Å². The van der Waals surface area contributed by atoms with Gasteiger partial charge in [0.25, 0.3) is 5.91 Å². The monoisotopic (exact) mass is 369 g/mol. The molecule has 2 aromatic rings. The highest BCUT2D eigenvalue weighted by Gasteiger charge is 2.32. The molecule has 0 aliphatic carbocycles. The number of amides is 1. The first-order valence-corrected chi connectivity index (χ1v) is 9.11. The van der Waals surface area contributed by atoms with E-state index >= 15 is 0 Å². The SMILES string of the molecule is COc1cccc([C@@H]2CCN(C(=O)c3cccc4c3OCCO4)C2)c1OC. The van der Waals surface area contributed by atoms with E-state index in [1.54, 1.807) is 20.3 Å². The van der Waals surface area contributed by atoms with Crippen LogP contribution in [0.15, 0.2) is 36.4 Å². The van der Waals surface area contributed by atoms with Crippen molar-refractivity contribution in [2.75, 3.05) is 40.5 Å². The molecule has 0 saturated carbocycles. The lowest BCUT2D eigenvalue weighted by atomic mass is 9.97. The molecule has 4 rings (SSSR count). The molecule has 1 fully saturated rings. The molecule has 2 aliphatic heterocycles. The molecule has 27 heavy (non-hydrogen) atoms. The molecule has 1 atom stereocenters. The average molecular weight is 369 g/mol. The van der Waals surface area contributed by atoms with Crippen LogP contribution in [-0.2, 0) is 0 Å². The van der Waals surface area contributed by atoms with Crippen LogP contribution < -0.4 is 18.9 Å². The van der Waals surface area contributed by atoms with Gasteiger partial charge in [-0.2, -0.15) is 0 Å². The van der Waals surface area contributed by atoms with Gasteiger partial charge in [-0.05, 0) is 24.6 Å². The van der Waals surface area contributed by atoms with Crippen molar-refractivity contribution < 1.29 is 23.7 Å². The second-order valence-electron chi connectivity index (χ2n) is 6.65. The van der Waals surface area contributed by atoms with Gasteiger partial charge in [-0.3, -0.25) is 4.79 Å². The molecule has 6 heteroatoms. The fourth-order valence-corrected chi connectivity index (χ4v) is 3.84. The van der Waals surface area contributed by atoms with Crippen molar-refractivity contribution >= 4 is 5.91 Å². The fraction of sp³-hybridized carbons (Fsp3) is 0.381. The van der Waals surface area contributed by atoms with E-state index in [0.717, 1.165) is 17.7 Å². The number of ether oxygens (including phenoxy) is 4. The van der Waals surface area contributed by atoms with E-state index in [2.05, 4.69) is 0 Å². The van der Waals surface area contributed by atoms with Crippen LogP contribution in [0.4, 0.5) is 0 Å². The number of rotatable bonds is 4. The van der Waals surface area contributed by atoms with Crippen molar-refractivity contribution in [1.82, 2.24) is 4.90 Å². The quantitative estimate of drug-likeness (QED) is 0.829. The maximum Gasteiger partial charge on any atom is 0.257 e. The molecule has 1 amide bonds. The van der Waals surface area contributed by atoms with Crippen LogP contribution >= 0.6 is 0 Å². The molecule has 0 spiro atoms. The molecule has 0 radical (unpaired) electrons. The molecule has 2 aromatic carbocycles. The predicted molar refractivity (Wildman–Crippen MR) is 100 cm³/mol. The smallest absolute Gasteiger partial charge is 0.257 e. The largest absolute Gasteiger partial charge is 0.493 e. The Balaban J connectivity index is 1.56. The summed E-state index contributed by atoms with van der Waals surface area (Å²) in [5.41, 5.74) is 1.63. The summed E-state index contributed by atoms with van der Waals surface area (Å²) < 4.78 is 22.3. The van der Waals surface area contributed by atoms with Gasteiger partial charge in [-0.15, -0.1) is 0 Å². The van der Waals surface area contributed by atoms with E-state index in [0.29, 0.717) is 49.1 Å². The molecule has 2 aliphatic rings. The summed E-state index contributed by atoms with van der Waals surface area (Å²) in [4.78, 5) is 15.0. The highest BCUT2D eigenvalue weighted by molar-refractivity contribution is 5.98. The van der Waals surface area contributed by atoms with Gasteiger partial charge in [-0.1, -0.05) is 18.2 Å². The first kappa shape index (κ1) is 17.5. The number of fused-ring (bicyclic) bond motifs is 1. The van der Waals surface area contributed by atoms with Crippen LogP contribution in [-0.4, -0.2) is 51.3 Å². The van der Waals surface area contributed by atoms with Gasteiger partial charge in [0.2, 0.25) is 0 Å². The summed E-state index contributed by atoms with van der Waals surface area (Å²) in [6.45, 7) is 2.29. The normalized spacial score (nSPS) is 18.3. The third-order valence-corrected chi connectivity index (χ3v) is 5.15. The van der Waals surface area contributed by atoms with Crippen molar-refractivity contribution in [3.05, 3.63) is 47.5 Å². The standard InChI is InChI=1S/C21H23NO5/c1-24-17-7-3-5-15(19(17)25-2)14-9-10-22(13-14)21(23)16-6-4-8-18-20(16)27-12-11-26-18/h3-8,14H,9-13H2,1-2H3/t14-/m1/s1. The summed E-state index contributed by atoms with van der Waals surface area (Å²) in [6, 6.07) is 11.4. The Bertz CT molecular complexity index is 850. The second-order valence-corrected chi connectivity index (χ2v) is 6.65. The van der Waals surface area contributed by atoms with E-state index in [1.807, 2.05) is 35.2 Å². The van der Waals surface area contributed by atoms with E-state index in [4.69, 9.17) is 18.9 Å². The molecular formula is C21H23NO5. The Hall–Kier alpha value is -2.89. The minimum Gasteiger partial charge on any atom is -0.493 e. The van der Waals surface area contributed by atoms with Gasteiger partial charge in [0.15, 0.2) is 23.0 Å². The van der Waals surface area contributed by atoms with E-state index < -0.39 is 0 Å². The van der Waals surface area contributed by atoms with Crippen LogP contribution in [0.1, 0.15) is 28.3 Å². The van der Waals surface area contributed by atoms with Crippen LogP contribution in [0, 0.1) is 0 Å². The summed E-state index contributed by atoms with van der Waals surface area (Å²) in [6.07, 6.45) is 0.877. The number of para-hydroxylation sites is 2. The molecule has 0 aromatic heterocycles. The van der Waals surface area contributed by atoms with E-state index in [1.165, 1.54) is 0 Å². The summed E-state index contributed by atoms with van der Waals surface area (Å²) in [5, 5.41) is 0. The lowest BCUT2D eigenvalue weighted by molar-refractivity contribution is 0.0780. The third kappa shape index (κ3) is 3.16. The number of nitrogens with zero attached hydrogens (tertiary/aromatic N) is 1. The zero-order valence-corrected chi connectivity index (χ0v) is 15.6. The summed E-state index contributed by atoms with van der Waals surface area (Å²) >= 11 is 0. The first-order valence-electron chi connectivity index (χ1n) is 9.11. The van der Waals surface area contributed by atoms with Gasteiger partial charge in [0.1, 0.15) is 13.2 Å². The first-order chi connectivity index (χ1) is 13.2. The van der Waals surface area contributed by atoms with Crippen LogP contribution in [0.5, 0.6) is 23.0 Å². The number of carbonyl (C=O) groups excluding carboxylic acids is 1. The van der Waals surface area contributed by atoms with Crippen LogP contribution in [0.3, 0.4) is 0 Å². The van der Waals surface area contributed by atoms with Gasteiger partial charge >= 0.3 is 0 Å². The number of likely N-dealkylation sites (tertiary alicyclic amines) is 1. The topological polar surface area (TPSA) is 57.2 Å². The Morgan fingerprint density at radius 3 is 2.70 bits per heavy atom. The predicted octanol–water partition coefficient (Wildman–Crippen LogP) is 3.10. The maximum atomic E-state index is 13.1. The van der Waals surface area contributed by atoms with Crippen LogP contribution in [0.2, 0.25) is 0 Å². The summed E-state index contributed by atoms with van der Waals surface area (Å²) in [5.74, 6) is 2.82. The van der Waals surface area contributed by atoms with Crippen molar-refractivity contribution in [2.45, 2.75) is 12.3 Å². The Kier molecular flexibility index (Phi) is 4.79. The fourth-order valence-electron chi connectivity index (χ4n) is 3.84. The van der Waals surface area contributed by atoms with Gasteiger partial charge in [0, 0.05) is 24.6 Å². The highest BCUT2D eigenvalue weighted by atomic mass is 16.6. The van der Waals surface area contributed by atoms with Gasteiger partial charge < -0.3 is 23.8 Å². The average Bonchev–Trinajstić information content (AvgIpc) is 3.22. The number of hydrogen-bond acceptors (Lipinski definition) is 5. The summed E-state index contributed by atoms with van der Waals surface area (Å²) in [7, 11) is 3.28. The molecule has 6 nitrogen and oxygen atoms in total. The minimum atomic E-state index is -0.0262. The van der Waals surface area contributed by atoms with Crippen LogP contribution in [0.25, 0.3) is 0 Å². The lowest BCUT2D eigenvalue weighted by Crippen LogP contribution is -2.29. The Morgan fingerprint density at radius 1 is 1.07 bits per heavy atom. The number of hydrogen-bond donors (Lipinski definition) is 0. The molecule has 142 valence electrons. The van der Waals surface area contributed by atoms with Gasteiger partial charge in [0.05, 0.1) is 19.8 Å². The molecule has 0 bridgehead atoms. The minimum absolute atomic E-state index is 0.0262. The zero-order valence-electron chi connectivity index (χ0n) is 15.6. The van der Waals surface area contributed by atoms with Crippen molar-refractivity contribution in [1.29, 1.82) is 0 Å². The van der Waals surface area contributed by atoms with Crippen molar-refractivity contribution in [2.24, 2.45) is 0 Å². The maximum absolute atomic E-state index is 13.1. The highest BCUT2D eigenvalue weighted by Crippen LogP contribution is 2.40. The van der Waals surface area contributed by atoms with Crippen molar-refractivity contribution in [3.8, 4) is 23.0 Å². The number of carbonyl (C=O) groups is 1. The molecule has 0 N–H and O–H groups in total. The molecular weight excluding hydrogens is 346 g/mol. The Morgan fingerprint density at radius 2 is 1.89 bits per heavy atom. The third-order valence-electron chi connectivity index (χ3n) is 5.15. The molecule has 0 unspecified atom stereocenters. The van der Waals surface area contributed by atoms with Gasteiger partial charge in [-0.25, -0.2) is 0 Å².